The summed E-state index contributed by atoms with van der Waals surface area (Å²) in [5, 5.41) is 3.11. The topological polar surface area (TPSA) is 29.1 Å². The molecule has 3 atom stereocenters. The number of carbonyl (C=O) groups is 1. The van der Waals surface area contributed by atoms with Crippen LogP contribution in [0.25, 0.3) is 0 Å². The first-order chi connectivity index (χ1) is 9.76. The molecule has 2 aliphatic rings. The van der Waals surface area contributed by atoms with Crippen molar-refractivity contribution < 1.29 is 4.79 Å². The Labute approximate surface area is 122 Å². The average molecular weight is 271 g/mol. The molecule has 2 bridgehead atoms. The van der Waals surface area contributed by atoms with E-state index < -0.39 is 0 Å². The zero-order valence-electron chi connectivity index (χ0n) is 12.4. The Morgan fingerprint density at radius 3 is 2.60 bits per heavy atom. The van der Waals surface area contributed by atoms with Gasteiger partial charge in [-0.2, -0.15) is 0 Å². The molecule has 2 nitrogen and oxygen atoms in total. The lowest BCUT2D eigenvalue weighted by Crippen LogP contribution is -2.27. The predicted molar refractivity (Wildman–Crippen MR) is 82.6 cm³/mol. The standard InChI is InChI=1S/C18H25NO/c1-2-3-4-13-6-9-16(10-7-13)19-18(20)17-12-14-5-8-15(17)11-14/h6-7,9-10,14-15,17H,2-5,8,11-12H2,1H3,(H,19,20)/t14-,15-,17-/m0/s1. The molecule has 2 aliphatic carbocycles. The zero-order chi connectivity index (χ0) is 13.9. The third-order valence-corrected chi connectivity index (χ3v) is 5.12. The van der Waals surface area contributed by atoms with Crippen LogP contribution < -0.4 is 5.32 Å². The number of aryl methyl sites for hydroxylation is 1. The van der Waals surface area contributed by atoms with Crippen molar-refractivity contribution in [3.8, 4) is 0 Å². The molecular formula is C18H25NO. The summed E-state index contributed by atoms with van der Waals surface area (Å²) < 4.78 is 0. The number of amides is 1. The molecule has 1 aromatic carbocycles. The van der Waals surface area contributed by atoms with E-state index in [0.29, 0.717) is 5.92 Å². The van der Waals surface area contributed by atoms with Crippen molar-refractivity contribution >= 4 is 11.6 Å². The van der Waals surface area contributed by atoms with Crippen molar-refractivity contribution in [3.05, 3.63) is 29.8 Å². The Bertz CT molecular complexity index is 465. The van der Waals surface area contributed by atoms with E-state index in [1.54, 1.807) is 0 Å². The number of nitrogens with one attached hydrogen (secondary N) is 1. The van der Waals surface area contributed by atoms with Gasteiger partial charge in [0.25, 0.3) is 0 Å². The van der Waals surface area contributed by atoms with Crippen LogP contribution >= 0.6 is 0 Å². The second kappa shape index (κ2) is 5.99. The van der Waals surface area contributed by atoms with Gasteiger partial charge in [0.15, 0.2) is 0 Å². The first-order valence-electron chi connectivity index (χ1n) is 8.16. The molecule has 3 rings (SSSR count). The molecule has 0 heterocycles. The van der Waals surface area contributed by atoms with Crippen molar-refractivity contribution in [2.24, 2.45) is 17.8 Å². The van der Waals surface area contributed by atoms with Crippen LogP contribution in [-0.4, -0.2) is 5.91 Å². The quantitative estimate of drug-likeness (QED) is 0.844. The largest absolute Gasteiger partial charge is 0.326 e. The molecule has 1 amide bonds. The number of fused-ring (bicyclic) bond motifs is 2. The molecule has 0 unspecified atom stereocenters. The van der Waals surface area contributed by atoms with Crippen molar-refractivity contribution in [1.29, 1.82) is 0 Å². The molecule has 1 N–H and O–H groups in total. The van der Waals surface area contributed by atoms with E-state index in [9.17, 15) is 4.79 Å². The van der Waals surface area contributed by atoms with Crippen molar-refractivity contribution in [3.63, 3.8) is 0 Å². The normalized spacial score (nSPS) is 27.8. The van der Waals surface area contributed by atoms with Gasteiger partial charge in [-0.3, -0.25) is 4.79 Å². The third kappa shape index (κ3) is 2.89. The Morgan fingerprint density at radius 2 is 2.00 bits per heavy atom. The van der Waals surface area contributed by atoms with Crippen LogP contribution in [0.1, 0.15) is 51.0 Å². The Morgan fingerprint density at radius 1 is 1.20 bits per heavy atom. The van der Waals surface area contributed by atoms with Gasteiger partial charge in [-0.05, 0) is 61.6 Å². The first-order valence-corrected chi connectivity index (χ1v) is 8.16. The summed E-state index contributed by atoms with van der Waals surface area (Å²) in [6, 6.07) is 8.39. The van der Waals surface area contributed by atoms with Crippen LogP contribution in [0, 0.1) is 17.8 Å². The molecule has 2 saturated carbocycles. The highest BCUT2D eigenvalue weighted by Crippen LogP contribution is 2.48. The fraction of sp³-hybridized carbons (Fsp3) is 0.611. The number of carbonyl (C=O) groups excluding carboxylic acids is 1. The van der Waals surface area contributed by atoms with E-state index in [1.807, 2.05) is 0 Å². The highest BCUT2D eigenvalue weighted by Gasteiger charge is 2.42. The maximum atomic E-state index is 12.4. The van der Waals surface area contributed by atoms with Crippen LogP contribution in [0.2, 0.25) is 0 Å². The molecule has 0 aliphatic heterocycles. The Hall–Kier alpha value is -1.31. The van der Waals surface area contributed by atoms with E-state index in [-0.39, 0.29) is 11.8 Å². The highest BCUT2D eigenvalue weighted by molar-refractivity contribution is 5.93. The highest BCUT2D eigenvalue weighted by atomic mass is 16.1. The summed E-state index contributed by atoms with van der Waals surface area (Å²) in [5.41, 5.74) is 2.32. The van der Waals surface area contributed by atoms with Gasteiger partial charge < -0.3 is 5.32 Å². The van der Waals surface area contributed by atoms with Crippen molar-refractivity contribution in [1.82, 2.24) is 0 Å². The first kappa shape index (κ1) is 13.7. The SMILES string of the molecule is CCCCc1ccc(NC(=O)[C@H]2C[C@H]3CC[C@H]2C3)cc1. The average Bonchev–Trinajstić information content (AvgIpc) is 3.09. The second-order valence-corrected chi connectivity index (χ2v) is 6.57. The minimum absolute atomic E-state index is 0.249. The molecule has 1 aromatic rings. The van der Waals surface area contributed by atoms with Gasteiger partial charge in [0.2, 0.25) is 5.91 Å². The molecule has 2 fully saturated rings. The summed E-state index contributed by atoms with van der Waals surface area (Å²) in [7, 11) is 0. The predicted octanol–water partition coefficient (Wildman–Crippen LogP) is 4.40. The number of unbranched alkanes of at least 4 members (excludes halogenated alkanes) is 1. The Balaban J connectivity index is 1.56. The van der Waals surface area contributed by atoms with Crippen LogP contribution in [0.4, 0.5) is 5.69 Å². The smallest absolute Gasteiger partial charge is 0.227 e. The minimum Gasteiger partial charge on any atom is -0.326 e. The van der Waals surface area contributed by atoms with E-state index in [0.717, 1.165) is 24.4 Å². The molecule has 108 valence electrons. The van der Waals surface area contributed by atoms with Gasteiger partial charge in [0.05, 0.1) is 0 Å². The van der Waals surface area contributed by atoms with E-state index >= 15 is 0 Å². The van der Waals surface area contributed by atoms with Gasteiger partial charge in [-0.1, -0.05) is 31.9 Å². The van der Waals surface area contributed by atoms with Crippen LogP contribution in [0.5, 0.6) is 0 Å². The molecule has 0 saturated heterocycles. The molecule has 0 aromatic heterocycles. The van der Waals surface area contributed by atoms with Crippen molar-refractivity contribution in [2.45, 2.75) is 51.9 Å². The summed E-state index contributed by atoms with van der Waals surface area (Å²) in [5.74, 6) is 2.00. The summed E-state index contributed by atoms with van der Waals surface area (Å²) in [6.45, 7) is 2.21. The molecule has 0 radical (unpaired) electrons. The maximum absolute atomic E-state index is 12.4. The van der Waals surface area contributed by atoms with Gasteiger partial charge in [-0.15, -0.1) is 0 Å². The lowest BCUT2D eigenvalue weighted by atomic mass is 9.88. The summed E-state index contributed by atoms with van der Waals surface area (Å²) in [6.07, 6.45) is 8.61. The monoisotopic (exact) mass is 271 g/mol. The molecule has 20 heavy (non-hydrogen) atoms. The maximum Gasteiger partial charge on any atom is 0.227 e. The fourth-order valence-electron chi connectivity index (χ4n) is 3.94. The fourth-order valence-corrected chi connectivity index (χ4v) is 3.94. The number of hydrogen-bond donors (Lipinski definition) is 1. The number of anilines is 1. The summed E-state index contributed by atoms with van der Waals surface area (Å²) in [4.78, 5) is 12.4. The van der Waals surface area contributed by atoms with Gasteiger partial charge in [0.1, 0.15) is 0 Å². The van der Waals surface area contributed by atoms with Gasteiger partial charge in [0, 0.05) is 11.6 Å². The van der Waals surface area contributed by atoms with E-state index in [2.05, 4.69) is 36.5 Å². The van der Waals surface area contributed by atoms with Crippen molar-refractivity contribution in [2.75, 3.05) is 5.32 Å². The van der Waals surface area contributed by atoms with Crippen LogP contribution in [0.15, 0.2) is 24.3 Å². The molecular weight excluding hydrogens is 246 g/mol. The molecule has 0 spiro atoms. The second-order valence-electron chi connectivity index (χ2n) is 6.57. The Kier molecular flexibility index (Phi) is 4.09. The third-order valence-electron chi connectivity index (χ3n) is 5.12. The van der Waals surface area contributed by atoms with Crippen LogP contribution in [-0.2, 0) is 11.2 Å². The van der Waals surface area contributed by atoms with Gasteiger partial charge in [-0.25, -0.2) is 0 Å². The minimum atomic E-state index is 0.249. The number of benzene rings is 1. The molecule has 2 heteroatoms. The van der Waals surface area contributed by atoms with Gasteiger partial charge >= 0.3 is 0 Å². The number of rotatable bonds is 5. The lowest BCUT2D eigenvalue weighted by molar-refractivity contribution is -0.121. The van der Waals surface area contributed by atoms with Crippen LogP contribution in [0.3, 0.4) is 0 Å². The van der Waals surface area contributed by atoms with E-state index in [1.165, 1.54) is 37.7 Å². The zero-order valence-corrected chi connectivity index (χ0v) is 12.4. The summed E-state index contributed by atoms with van der Waals surface area (Å²) >= 11 is 0. The van der Waals surface area contributed by atoms with E-state index in [4.69, 9.17) is 0 Å². The lowest BCUT2D eigenvalue weighted by Gasteiger charge is -2.20. The number of hydrogen-bond acceptors (Lipinski definition) is 1.